The largest absolute Gasteiger partial charge is 0.478 e. The first-order chi connectivity index (χ1) is 13.0. The molecule has 0 atom stereocenters. The van der Waals surface area contributed by atoms with E-state index in [-0.39, 0.29) is 17.2 Å². The molecule has 0 aliphatic heterocycles. The number of carbonyl (C=O) groups is 2. The highest BCUT2D eigenvalue weighted by atomic mass is 32.1. The number of carboxylic acids is 1. The minimum absolute atomic E-state index is 0.0744. The van der Waals surface area contributed by atoms with Gasteiger partial charge < -0.3 is 9.84 Å². The lowest BCUT2D eigenvalue weighted by Crippen LogP contribution is -2.15. The van der Waals surface area contributed by atoms with Gasteiger partial charge in [-0.1, -0.05) is 54.1 Å². The fraction of sp³-hybridized carbons (Fsp3) is 0.143. The molecule has 0 bridgehead atoms. The molecule has 0 spiro atoms. The molecule has 6 heteroatoms. The van der Waals surface area contributed by atoms with Crippen LogP contribution in [-0.4, -0.2) is 17.2 Å². The lowest BCUT2D eigenvalue weighted by atomic mass is 9.97. The summed E-state index contributed by atoms with van der Waals surface area (Å²) in [6.07, 6.45) is -0.685. The lowest BCUT2D eigenvalue weighted by molar-refractivity contribution is 0.0699. The van der Waals surface area contributed by atoms with Crippen LogP contribution >= 0.6 is 11.3 Å². The van der Waals surface area contributed by atoms with Gasteiger partial charge in [0, 0.05) is 10.9 Å². The molecule has 0 fully saturated rings. The van der Waals surface area contributed by atoms with E-state index in [0.717, 1.165) is 22.3 Å². The molecule has 0 saturated carbocycles. The van der Waals surface area contributed by atoms with Crippen LogP contribution < -0.4 is 5.32 Å². The normalized spacial score (nSPS) is 10.4. The van der Waals surface area contributed by atoms with E-state index in [4.69, 9.17) is 4.74 Å². The summed E-state index contributed by atoms with van der Waals surface area (Å²) in [5, 5.41) is 14.3. The first kappa shape index (κ1) is 18.7. The molecular formula is C21H19NO4S. The summed E-state index contributed by atoms with van der Waals surface area (Å²) >= 11 is 1.17. The van der Waals surface area contributed by atoms with E-state index in [0.29, 0.717) is 5.56 Å². The molecule has 1 aromatic heterocycles. The van der Waals surface area contributed by atoms with Crippen LogP contribution in [-0.2, 0) is 11.3 Å². The van der Waals surface area contributed by atoms with Gasteiger partial charge >= 0.3 is 12.1 Å². The minimum atomic E-state index is -1.09. The zero-order valence-electron chi connectivity index (χ0n) is 15.0. The smallest absolute Gasteiger partial charge is 0.412 e. The summed E-state index contributed by atoms with van der Waals surface area (Å²) in [5.41, 5.74) is 4.37. The highest BCUT2D eigenvalue weighted by molar-refractivity contribution is 7.15. The second-order valence-electron chi connectivity index (χ2n) is 6.16. The van der Waals surface area contributed by atoms with Crippen LogP contribution in [0.1, 0.15) is 27.0 Å². The van der Waals surface area contributed by atoms with Crippen molar-refractivity contribution in [2.75, 3.05) is 5.32 Å². The van der Waals surface area contributed by atoms with Gasteiger partial charge in [-0.15, -0.1) is 11.3 Å². The van der Waals surface area contributed by atoms with Crippen molar-refractivity contribution < 1.29 is 19.4 Å². The van der Waals surface area contributed by atoms with E-state index >= 15 is 0 Å². The van der Waals surface area contributed by atoms with Crippen molar-refractivity contribution in [2.24, 2.45) is 0 Å². The quantitative estimate of drug-likeness (QED) is 0.614. The standard InChI is InChI=1S/C21H19NO4S/c1-13-8-9-14(2)16(10-13)17-12-27-19(18(17)20(23)24)22-21(25)26-11-15-6-4-3-5-7-15/h3-10,12H,11H2,1-2H3,(H,22,25)(H,23,24). The minimum Gasteiger partial charge on any atom is -0.478 e. The number of amides is 1. The maximum absolute atomic E-state index is 12.1. The monoisotopic (exact) mass is 381 g/mol. The second-order valence-corrected chi connectivity index (χ2v) is 7.04. The van der Waals surface area contributed by atoms with Crippen LogP contribution in [0.2, 0.25) is 0 Å². The van der Waals surface area contributed by atoms with Crippen molar-refractivity contribution in [3.05, 3.63) is 76.2 Å². The number of ether oxygens (including phenoxy) is 1. The summed E-state index contributed by atoms with van der Waals surface area (Å²) in [6.45, 7) is 4.00. The maximum Gasteiger partial charge on any atom is 0.412 e. The Hall–Kier alpha value is -3.12. The number of hydrogen-bond acceptors (Lipinski definition) is 4. The molecule has 27 heavy (non-hydrogen) atoms. The number of carboxylic acid groups (broad SMARTS) is 1. The Bertz CT molecular complexity index is 979. The Morgan fingerprint density at radius 3 is 2.52 bits per heavy atom. The topological polar surface area (TPSA) is 75.6 Å². The third-order valence-electron chi connectivity index (χ3n) is 4.12. The number of benzene rings is 2. The van der Waals surface area contributed by atoms with E-state index in [1.807, 2.05) is 62.4 Å². The van der Waals surface area contributed by atoms with E-state index in [1.54, 1.807) is 5.38 Å². The van der Waals surface area contributed by atoms with Crippen molar-refractivity contribution in [2.45, 2.75) is 20.5 Å². The molecule has 138 valence electrons. The molecule has 3 aromatic rings. The van der Waals surface area contributed by atoms with Crippen LogP contribution in [0.4, 0.5) is 9.80 Å². The first-order valence-electron chi connectivity index (χ1n) is 8.36. The maximum atomic E-state index is 12.1. The van der Waals surface area contributed by atoms with Gasteiger partial charge in [0.2, 0.25) is 0 Å². The molecule has 5 nitrogen and oxygen atoms in total. The van der Waals surface area contributed by atoms with Gasteiger partial charge in [0.1, 0.15) is 17.2 Å². The predicted octanol–water partition coefficient (Wildman–Crippen LogP) is 5.48. The molecule has 1 heterocycles. The average Bonchev–Trinajstić information content (AvgIpc) is 3.06. The van der Waals surface area contributed by atoms with Gasteiger partial charge in [0.25, 0.3) is 0 Å². The van der Waals surface area contributed by atoms with Crippen molar-refractivity contribution in [3.63, 3.8) is 0 Å². The van der Waals surface area contributed by atoms with Crippen molar-refractivity contribution in [1.82, 2.24) is 0 Å². The van der Waals surface area contributed by atoms with Gasteiger partial charge in [0.05, 0.1) is 0 Å². The Morgan fingerprint density at radius 2 is 1.81 bits per heavy atom. The number of carbonyl (C=O) groups excluding carboxylic acids is 1. The Labute approximate surface area is 161 Å². The van der Waals surface area contributed by atoms with E-state index in [9.17, 15) is 14.7 Å². The third-order valence-corrected chi connectivity index (χ3v) is 5.01. The van der Waals surface area contributed by atoms with Crippen molar-refractivity contribution >= 4 is 28.4 Å². The number of aryl methyl sites for hydroxylation is 2. The molecule has 2 N–H and O–H groups in total. The van der Waals surface area contributed by atoms with Crippen molar-refractivity contribution in [1.29, 1.82) is 0 Å². The third kappa shape index (κ3) is 4.35. The predicted molar refractivity (Wildman–Crippen MR) is 106 cm³/mol. The Morgan fingerprint density at radius 1 is 1.07 bits per heavy atom. The zero-order valence-corrected chi connectivity index (χ0v) is 15.8. The molecule has 0 radical (unpaired) electrons. The summed E-state index contributed by atoms with van der Waals surface area (Å²) in [6, 6.07) is 15.2. The van der Waals surface area contributed by atoms with E-state index in [2.05, 4.69) is 5.32 Å². The van der Waals surface area contributed by atoms with Crippen LogP contribution in [0.3, 0.4) is 0 Å². The summed E-state index contributed by atoms with van der Waals surface area (Å²) in [4.78, 5) is 24.0. The molecule has 1 amide bonds. The Balaban J connectivity index is 1.82. The number of thiophene rings is 1. The average molecular weight is 381 g/mol. The van der Waals surface area contributed by atoms with Crippen LogP contribution in [0.25, 0.3) is 11.1 Å². The molecule has 0 aliphatic carbocycles. The Kier molecular flexibility index (Phi) is 5.57. The van der Waals surface area contributed by atoms with Gasteiger partial charge in [0.15, 0.2) is 0 Å². The SMILES string of the molecule is Cc1ccc(C)c(-c2csc(NC(=O)OCc3ccccc3)c2C(=O)O)c1. The first-order valence-corrected chi connectivity index (χ1v) is 9.24. The van der Waals surface area contributed by atoms with Crippen LogP contribution in [0.5, 0.6) is 0 Å². The zero-order chi connectivity index (χ0) is 19.4. The summed E-state index contributed by atoms with van der Waals surface area (Å²) in [7, 11) is 0. The number of aromatic carboxylic acids is 1. The van der Waals surface area contributed by atoms with Gasteiger partial charge in [-0.25, -0.2) is 9.59 Å². The number of hydrogen-bond donors (Lipinski definition) is 2. The molecule has 3 rings (SSSR count). The number of rotatable bonds is 5. The molecule has 0 saturated heterocycles. The highest BCUT2D eigenvalue weighted by Gasteiger charge is 2.22. The van der Waals surface area contributed by atoms with Gasteiger partial charge in [-0.2, -0.15) is 0 Å². The molecule has 2 aromatic carbocycles. The van der Waals surface area contributed by atoms with Crippen LogP contribution in [0.15, 0.2) is 53.9 Å². The fourth-order valence-electron chi connectivity index (χ4n) is 2.74. The number of anilines is 1. The summed E-state index contributed by atoms with van der Waals surface area (Å²) in [5.74, 6) is -1.09. The van der Waals surface area contributed by atoms with E-state index < -0.39 is 12.1 Å². The highest BCUT2D eigenvalue weighted by Crippen LogP contribution is 2.37. The van der Waals surface area contributed by atoms with Crippen molar-refractivity contribution in [3.8, 4) is 11.1 Å². The molecule has 0 unspecified atom stereocenters. The van der Waals surface area contributed by atoms with Crippen LogP contribution in [0, 0.1) is 13.8 Å². The lowest BCUT2D eigenvalue weighted by Gasteiger charge is -2.09. The van der Waals surface area contributed by atoms with Gasteiger partial charge in [-0.3, -0.25) is 5.32 Å². The fourth-order valence-corrected chi connectivity index (χ4v) is 3.68. The van der Waals surface area contributed by atoms with E-state index in [1.165, 1.54) is 11.3 Å². The number of nitrogens with one attached hydrogen (secondary N) is 1. The van der Waals surface area contributed by atoms with Gasteiger partial charge in [-0.05, 0) is 30.5 Å². The molecule has 0 aliphatic rings. The summed E-state index contributed by atoms with van der Waals surface area (Å²) < 4.78 is 5.19. The second kappa shape index (κ2) is 8.05. The molecular weight excluding hydrogens is 362 g/mol.